The lowest BCUT2D eigenvalue weighted by atomic mass is 10.1. The fourth-order valence-electron chi connectivity index (χ4n) is 3.01. The Morgan fingerprint density at radius 1 is 1.31 bits per heavy atom. The second-order valence-electron chi connectivity index (χ2n) is 6.00. The first-order valence-electron chi connectivity index (χ1n) is 8.22. The van der Waals surface area contributed by atoms with Crippen LogP contribution in [-0.2, 0) is 4.79 Å². The Hall–Kier alpha value is -2.09. The lowest BCUT2D eigenvalue weighted by Crippen LogP contribution is -2.46. The van der Waals surface area contributed by atoms with Crippen LogP contribution >= 0.6 is 12.4 Å². The van der Waals surface area contributed by atoms with E-state index in [1.54, 1.807) is 6.20 Å². The van der Waals surface area contributed by atoms with Crippen molar-refractivity contribution in [2.45, 2.75) is 12.5 Å². The van der Waals surface area contributed by atoms with Crippen molar-refractivity contribution in [3.8, 4) is 0 Å². The van der Waals surface area contributed by atoms with Gasteiger partial charge in [-0.05, 0) is 23.8 Å². The summed E-state index contributed by atoms with van der Waals surface area (Å²) in [5, 5.41) is 5.89. The molecule has 1 saturated heterocycles. The van der Waals surface area contributed by atoms with Gasteiger partial charge in [-0.15, -0.1) is 12.4 Å². The molecule has 0 radical (unpaired) electrons. The third kappa shape index (κ3) is 5.45. The van der Waals surface area contributed by atoms with E-state index in [0.717, 1.165) is 43.4 Å². The molecule has 1 aromatic carbocycles. The fraction of sp³-hybridized carbons (Fsp3) is 0.333. The van der Waals surface area contributed by atoms with Crippen molar-refractivity contribution in [3.63, 3.8) is 0 Å². The highest BCUT2D eigenvalue weighted by atomic mass is 35.5. The van der Waals surface area contributed by atoms with Crippen molar-refractivity contribution in [1.82, 2.24) is 15.2 Å². The van der Waals surface area contributed by atoms with Crippen LogP contribution in [0.25, 0.3) is 0 Å². The quantitative estimate of drug-likeness (QED) is 0.835. The molecule has 1 aliphatic rings. The predicted molar refractivity (Wildman–Crippen MR) is 98.3 cm³/mol. The average Bonchev–Trinajstić information content (AvgIpc) is 2.60. The zero-order valence-electron chi connectivity index (χ0n) is 14.1. The molecule has 2 aromatic rings. The number of nitrogens with zero attached hydrogens (tertiary/aromatic N) is 2. The Morgan fingerprint density at radius 2 is 2.08 bits per heavy atom. The minimum atomic E-state index is -0.714. The van der Waals surface area contributed by atoms with Crippen molar-refractivity contribution in [2.24, 2.45) is 0 Å². The molecule has 0 bridgehead atoms. The summed E-state index contributed by atoms with van der Waals surface area (Å²) in [6.45, 7) is 3.03. The predicted octanol–water partition coefficient (Wildman–Crippen LogP) is 2.76. The molecule has 1 fully saturated rings. The monoisotopic (exact) mass is 382 g/mol. The molecule has 3 rings (SSSR count). The van der Waals surface area contributed by atoms with Crippen molar-refractivity contribution >= 4 is 24.0 Å². The number of hydrogen-bond acceptors (Lipinski definition) is 4. The molecule has 140 valence electrons. The summed E-state index contributed by atoms with van der Waals surface area (Å²) in [5.74, 6) is -1.70. The molecule has 1 atom stereocenters. The molecule has 0 aliphatic carbocycles. The minimum Gasteiger partial charge on any atom is -0.326 e. The number of carbonyl (C=O) groups excluding carboxylic acids is 1. The number of halogens is 3. The number of benzene rings is 1. The molecule has 1 unspecified atom stereocenters. The van der Waals surface area contributed by atoms with Crippen LogP contribution in [0.1, 0.15) is 18.0 Å². The van der Waals surface area contributed by atoms with Gasteiger partial charge in [0.1, 0.15) is 11.6 Å². The third-order valence-corrected chi connectivity index (χ3v) is 4.20. The number of hydrogen-bond donors (Lipinski definition) is 2. The molecule has 2 heterocycles. The van der Waals surface area contributed by atoms with Crippen molar-refractivity contribution in [3.05, 3.63) is 59.9 Å². The summed E-state index contributed by atoms with van der Waals surface area (Å²) < 4.78 is 26.4. The largest absolute Gasteiger partial charge is 0.326 e. The minimum absolute atomic E-state index is 0. The lowest BCUT2D eigenvalue weighted by Gasteiger charge is -2.36. The highest BCUT2D eigenvalue weighted by Crippen LogP contribution is 2.21. The standard InChI is InChI=1S/C18H20F2N4O.ClH/c19-14-8-15(20)10-16(9-14)23-18(25)3-6-24-7-5-22-12-17(24)13-2-1-4-21-11-13;/h1-2,4,8-11,17,22H,3,5-7,12H2,(H,23,25);1H. The second kappa shape index (κ2) is 9.56. The highest BCUT2D eigenvalue weighted by molar-refractivity contribution is 5.90. The molecule has 5 nitrogen and oxygen atoms in total. The van der Waals surface area contributed by atoms with Crippen LogP contribution in [0.2, 0.25) is 0 Å². The van der Waals surface area contributed by atoms with E-state index in [2.05, 4.69) is 20.5 Å². The average molecular weight is 383 g/mol. The highest BCUT2D eigenvalue weighted by Gasteiger charge is 2.24. The van der Waals surface area contributed by atoms with Gasteiger partial charge in [0.05, 0.1) is 0 Å². The lowest BCUT2D eigenvalue weighted by molar-refractivity contribution is -0.116. The Bertz CT molecular complexity index is 712. The van der Waals surface area contributed by atoms with Crippen molar-refractivity contribution < 1.29 is 13.6 Å². The molecule has 26 heavy (non-hydrogen) atoms. The summed E-state index contributed by atoms with van der Waals surface area (Å²) in [4.78, 5) is 18.5. The summed E-state index contributed by atoms with van der Waals surface area (Å²) in [5.41, 5.74) is 1.23. The number of aromatic nitrogens is 1. The number of rotatable bonds is 5. The number of amides is 1. The van der Waals surface area contributed by atoms with E-state index >= 15 is 0 Å². The van der Waals surface area contributed by atoms with Gasteiger partial charge in [0, 0.05) is 62.8 Å². The summed E-state index contributed by atoms with van der Waals surface area (Å²) in [7, 11) is 0. The number of anilines is 1. The maximum Gasteiger partial charge on any atom is 0.225 e. The topological polar surface area (TPSA) is 57.3 Å². The summed E-state index contributed by atoms with van der Waals surface area (Å²) in [6, 6.07) is 7.05. The zero-order valence-corrected chi connectivity index (χ0v) is 14.9. The van der Waals surface area contributed by atoms with E-state index in [0.29, 0.717) is 6.54 Å². The van der Waals surface area contributed by atoms with Crippen molar-refractivity contribution in [2.75, 3.05) is 31.5 Å². The molecule has 1 amide bonds. The van der Waals surface area contributed by atoms with Gasteiger partial charge in [-0.2, -0.15) is 0 Å². The van der Waals surface area contributed by atoms with Crippen LogP contribution in [0.5, 0.6) is 0 Å². The second-order valence-corrected chi connectivity index (χ2v) is 6.00. The number of piperazine rings is 1. The van der Waals surface area contributed by atoms with E-state index in [4.69, 9.17) is 0 Å². The van der Waals surface area contributed by atoms with Crippen LogP contribution in [0.4, 0.5) is 14.5 Å². The molecular weight excluding hydrogens is 362 g/mol. The van der Waals surface area contributed by atoms with Crippen LogP contribution in [0.15, 0.2) is 42.7 Å². The summed E-state index contributed by atoms with van der Waals surface area (Å²) in [6.07, 6.45) is 3.81. The Kier molecular flexibility index (Phi) is 7.44. The van der Waals surface area contributed by atoms with Gasteiger partial charge >= 0.3 is 0 Å². The van der Waals surface area contributed by atoms with Gasteiger partial charge in [0.15, 0.2) is 0 Å². The van der Waals surface area contributed by atoms with Crippen LogP contribution in [0.3, 0.4) is 0 Å². The molecule has 0 saturated carbocycles. The van der Waals surface area contributed by atoms with E-state index in [1.165, 1.54) is 0 Å². The van der Waals surface area contributed by atoms with Gasteiger partial charge in [0.2, 0.25) is 5.91 Å². The normalized spacial score (nSPS) is 17.4. The van der Waals surface area contributed by atoms with Crippen LogP contribution in [0, 0.1) is 11.6 Å². The van der Waals surface area contributed by atoms with E-state index in [1.807, 2.05) is 18.3 Å². The van der Waals surface area contributed by atoms with E-state index in [-0.39, 0.29) is 36.5 Å². The smallest absolute Gasteiger partial charge is 0.225 e. The van der Waals surface area contributed by atoms with Crippen LogP contribution < -0.4 is 10.6 Å². The van der Waals surface area contributed by atoms with E-state index < -0.39 is 11.6 Å². The Labute approximate surface area is 157 Å². The van der Waals surface area contributed by atoms with Crippen molar-refractivity contribution in [1.29, 1.82) is 0 Å². The number of nitrogens with one attached hydrogen (secondary N) is 2. The van der Waals surface area contributed by atoms with E-state index in [9.17, 15) is 13.6 Å². The Balaban J connectivity index is 0.00000243. The maximum atomic E-state index is 13.2. The Morgan fingerprint density at radius 3 is 2.77 bits per heavy atom. The molecule has 1 aromatic heterocycles. The molecule has 1 aliphatic heterocycles. The SMILES string of the molecule is Cl.O=C(CCN1CCNCC1c1cccnc1)Nc1cc(F)cc(F)c1. The van der Waals surface area contributed by atoms with Gasteiger partial charge in [-0.3, -0.25) is 14.7 Å². The third-order valence-electron chi connectivity index (χ3n) is 4.20. The fourth-order valence-corrected chi connectivity index (χ4v) is 3.01. The number of carbonyl (C=O) groups is 1. The van der Waals surface area contributed by atoms with Gasteiger partial charge < -0.3 is 10.6 Å². The maximum absolute atomic E-state index is 13.2. The first-order valence-corrected chi connectivity index (χ1v) is 8.22. The first kappa shape index (κ1) is 20.2. The van der Waals surface area contributed by atoms with Gasteiger partial charge in [0.25, 0.3) is 0 Å². The molecule has 8 heteroatoms. The molecular formula is C18H21ClF2N4O. The molecule has 0 spiro atoms. The molecule has 2 N–H and O–H groups in total. The first-order chi connectivity index (χ1) is 12.1. The van der Waals surface area contributed by atoms with Gasteiger partial charge in [-0.25, -0.2) is 8.78 Å². The number of pyridine rings is 1. The summed E-state index contributed by atoms with van der Waals surface area (Å²) >= 11 is 0. The zero-order chi connectivity index (χ0) is 17.6. The van der Waals surface area contributed by atoms with Gasteiger partial charge in [-0.1, -0.05) is 6.07 Å². The van der Waals surface area contributed by atoms with Crippen LogP contribution in [-0.4, -0.2) is 42.0 Å².